The molecule has 4 heteroatoms. The fourth-order valence-corrected chi connectivity index (χ4v) is 1.44. The van der Waals surface area contributed by atoms with Gasteiger partial charge in [0.1, 0.15) is 5.92 Å². The van der Waals surface area contributed by atoms with Gasteiger partial charge >= 0.3 is 0 Å². The van der Waals surface area contributed by atoms with E-state index in [2.05, 4.69) is 5.32 Å². The maximum atomic E-state index is 11.1. The molecule has 1 unspecified atom stereocenters. The lowest BCUT2D eigenvalue weighted by Crippen LogP contribution is -2.27. The van der Waals surface area contributed by atoms with Crippen LogP contribution < -0.4 is 5.32 Å². The van der Waals surface area contributed by atoms with Gasteiger partial charge in [0.15, 0.2) is 0 Å². The SMILES string of the molecule is CC(C#N)C(=O)NCc1cccs1. The van der Waals surface area contributed by atoms with Gasteiger partial charge in [-0.15, -0.1) is 11.3 Å². The van der Waals surface area contributed by atoms with Crippen LogP contribution >= 0.6 is 11.3 Å². The van der Waals surface area contributed by atoms with Crippen molar-refractivity contribution in [3.05, 3.63) is 22.4 Å². The number of amides is 1. The summed E-state index contributed by atoms with van der Waals surface area (Å²) >= 11 is 1.59. The first-order chi connectivity index (χ1) is 6.24. The molecule has 3 nitrogen and oxygen atoms in total. The summed E-state index contributed by atoms with van der Waals surface area (Å²) in [6, 6.07) is 5.76. The van der Waals surface area contributed by atoms with Crippen LogP contribution in [-0.2, 0) is 11.3 Å². The Labute approximate surface area is 81.0 Å². The number of hydrogen-bond acceptors (Lipinski definition) is 3. The standard InChI is InChI=1S/C9H10N2OS/c1-7(5-10)9(12)11-6-8-3-2-4-13-8/h2-4,7H,6H2,1H3,(H,11,12). The zero-order valence-corrected chi connectivity index (χ0v) is 8.10. The molecule has 1 rings (SSSR count). The van der Waals surface area contributed by atoms with Crippen LogP contribution in [0.5, 0.6) is 0 Å². The van der Waals surface area contributed by atoms with Gasteiger partial charge in [0, 0.05) is 4.88 Å². The molecular weight excluding hydrogens is 184 g/mol. The zero-order chi connectivity index (χ0) is 9.68. The van der Waals surface area contributed by atoms with Gasteiger partial charge < -0.3 is 5.32 Å². The summed E-state index contributed by atoms with van der Waals surface area (Å²) in [5, 5.41) is 13.1. The van der Waals surface area contributed by atoms with Crippen molar-refractivity contribution in [2.75, 3.05) is 0 Å². The summed E-state index contributed by atoms with van der Waals surface area (Å²) < 4.78 is 0. The van der Waals surface area contributed by atoms with Crippen molar-refractivity contribution in [1.82, 2.24) is 5.32 Å². The van der Waals surface area contributed by atoms with Gasteiger partial charge in [-0.1, -0.05) is 6.07 Å². The van der Waals surface area contributed by atoms with Crippen molar-refractivity contribution in [3.8, 4) is 6.07 Å². The third-order valence-corrected chi connectivity index (χ3v) is 2.48. The number of carbonyl (C=O) groups excluding carboxylic acids is 1. The van der Waals surface area contributed by atoms with Crippen LogP contribution in [0.25, 0.3) is 0 Å². The summed E-state index contributed by atoms with van der Waals surface area (Å²) in [5.41, 5.74) is 0. The second-order valence-electron chi connectivity index (χ2n) is 2.65. The van der Waals surface area contributed by atoms with Crippen LogP contribution in [0.3, 0.4) is 0 Å². The molecule has 0 aromatic carbocycles. The van der Waals surface area contributed by atoms with Crippen LogP contribution in [0.15, 0.2) is 17.5 Å². The summed E-state index contributed by atoms with van der Waals surface area (Å²) in [5.74, 6) is -0.782. The van der Waals surface area contributed by atoms with Crippen LogP contribution in [0.1, 0.15) is 11.8 Å². The molecule has 1 N–H and O–H groups in total. The van der Waals surface area contributed by atoms with Crippen molar-refractivity contribution in [3.63, 3.8) is 0 Å². The molecule has 0 aliphatic rings. The van der Waals surface area contributed by atoms with E-state index in [0.29, 0.717) is 6.54 Å². The Morgan fingerprint density at radius 3 is 3.15 bits per heavy atom. The molecule has 0 aliphatic heterocycles. The quantitative estimate of drug-likeness (QED) is 0.793. The van der Waals surface area contributed by atoms with Crippen LogP contribution in [0.2, 0.25) is 0 Å². The molecule has 13 heavy (non-hydrogen) atoms. The number of nitrogens with one attached hydrogen (secondary N) is 1. The Hall–Kier alpha value is -1.34. The van der Waals surface area contributed by atoms with Gasteiger partial charge in [0.05, 0.1) is 12.6 Å². The van der Waals surface area contributed by atoms with E-state index in [0.717, 1.165) is 4.88 Å². The first-order valence-electron chi connectivity index (χ1n) is 3.93. The van der Waals surface area contributed by atoms with Crippen molar-refractivity contribution >= 4 is 17.2 Å². The van der Waals surface area contributed by atoms with Crippen molar-refractivity contribution in [2.24, 2.45) is 5.92 Å². The smallest absolute Gasteiger partial charge is 0.237 e. The predicted octanol–water partition coefficient (Wildman–Crippen LogP) is 1.52. The highest BCUT2D eigenvalue weighted by Crippen LogP contribution is 2.07. The van der Waals surface area contributed by atoms with E-state index in [1.54, 1.807) is 18.3 Å². The van der Waals surface area contributed by atoms with Gasteiger partial charge in [0.2, 0.25) is 5.91 Å². The molecule has 68 valence electrons. The van der Waals surface area contributed by atoms with E-state index in [1.165, 1.54) is 0 Å². The number of carbonyl (C=O) groups is 1. The molecule has 0 saturated heterocycles. The van der Waals surface area contributed by atoms with Crippen molar-refractivity contribution in [1.29, 1.82) is 5.26 Å². The summed E-state index contributed by atoms with van der Waals surface area (Å²) in [4.78, 5) is 12.2. The van der Waals surface area contributed by atoms with Gasteiger partial charge in [-0.05, 0) is 18.4 Å². The van der Waals surface area contributed by atoms with E-state index in [1.807, 2.05) is 23.6 Å². The number of rotatable bonds is 3. The van der Waals surface area contributed by atoms with E-state index in [9.17, 15) is 4.79 Å². The number of thiophene rings is 1. The second kappa shape index (κ2) is 4.63. The molecule has 0 fully saturated rings. The third kappa shape index (κ3) is 2.88. The van der Waals surface area contributed by atoms with Crippen LogP contribution in [0.4, 0.5) is 0 Å². The molecule has 1 aromatic rings. The maximum Gasteiger partial charge on any atom is 0.237 e. The molecule has 1 heterocycles. The van der Waals surface area contributed by atoms with Crippen molar-refractivity contribution < 1.29 is 4.79 Å². The van der Waals surface area contributed by atoms with Crippen LogP contribution in [0, 0.1) is 17.2 Å². The lowest BCUT2D eigenvalue weighted by molar-refractivity contribution is -0.123. The fourth-order valence-electron chi connectivity index (χ4n) is 0.799. The largest absolute Gasteiger partial charge is 0.350 e. The highest BCUT2D eigenvalue weighted by atomic mass is 32.1. The Bertz CT molecular complexity index is 313. The summed E-state index contributed by atoms with van der Waals surface area (Å²) in [6.07, 6.45) is 0. The minimum Gasteiger partial charge on any atom is -0.350 e. The van der Waals surface area contributed by atoms with Gasteiger partial charge in [-0.25, -0.2) is 0 Å². The lowest BCUT2D eigenvalue weighted by atomic mass is 10.2. The molecule has 1 aromatic heterocycles. The van der Waals surface area contributed by atoms with Gasteiger partial charge in [-0.2, -0.15) is 5.26 Å². The zero-order valence-electron chi connectivity index (χ0n) is 7.28. The predicted molar refractivity (Wildman–Crippen MR) is 50.9 cm³/mol. The molecule has 0 aliphatic carbocycles. The Morgan fingerprint density at radius 1 is 1.85 bits per heavy atom. The molecular formula is C9H10N2OS. The maximum absolute atomic E-state index is 11.1. The molecule has 0 bridgehead atoms. The van der Waals surface area contributed by atoms with Crippen molar-refractivity contribution in [2.45, 2.75) is 13.5 Å². The minimum atomic E-state index is -0.569. The first kappa shape index (κ1) is 9.75. The van der Waals surface area contributed by atoms with E-state index < -0.39 is 5.92 Å². The average molecular weight is 194 g/mol. The van der Waals surface area contributed by atoms with E-state index in [4.69, 9.17) is 5.26 Å². The molecule has 1 amide bonds. The topological polar surface area (TPSA) is 52.9 Å². The number of nitrogens with zero attached hydrogens (tertiary/aromatic N) is 1. The molecule has 1 atom stereocenters. The molecule has 0 spiro atoms. The molecule has 0 saturated carbocycles. The summed E-state index contributed by atoms with van der Waals surface area (Å²) in [6.45, 7) is 2.10. The Kier molecular flexibility index (Phi) is 3.47. The Balaban J connectivity index is 2.36. The van der Waals surface area contributed by atoms with Crippen LogP contribution in [-0.4, -0.2) is 5.91 Å². The first-order valence-corrected chi connectivity index (χ1v) is 4.81. The molecule has 0 radical (unpaired) electrons. The third-order valence-electron chi connectivity index (χ3n) is 1.60. The summed E-state index contributed by atoms with van der Waals surface area (Å²) in [7, 11) is 0. The van der Waals surface area contributed by atoms with Gasteiger partial charge in [0.25, 0.3) is 0 Å². The normalized spacial score (nSPS) is 11.7. The highest BCUT2D eigenvalue weighted by Gasteiger charge is 2.10. The fraction of sp³-hybridized carbons (Fsp3) is 0.333. The monoisotopic (exact) mass is 194 g/mol. The van der Waals surface area contributed by atoms with E-state index >= 15 is 0 Å². The highest BCUT2D eigenvalue weighted by molar-refractivity contribution is 7.09. The minimum absolute atomic E-state index is 0.212. The number of nitriles is 1. The van der Waals surface area contributed by atoms with E-state index in [-0.39, 0.29) is 5.91 Å². The average Bonchev–Trinajstić information content (AvgIpc) is 2.65. The lowest BCUT2D eigenvalue weighted by Gasteiger charge is -2.03. The number of hydrogen-bond donors (Lipinski definition) is 1. The second-order valence-corrected chi connectivity index (χ2v) is 3.68. The van der Waals surface area contributed by atoms with Gasteiger partial charge in [-0.3, -0.25) is 4.79 Å². The Morgan fingerprint density at radius 2 is 2.62 bits per heavy atom.